The molecule has 156 valence electrons. The van der Waals surface area contributed by atoms with Crippen LogP contribution in [0.3, 0.4) is 0 Å². The Morgan fingerprint density at radius 1 is 0.966 bits per heavy atom. The maximum absolute atomic E-state index is 12.9. The van der Waals surface area contributed by atoms with Crippen LogP contribution in [0.2, 0.25) is 0 Å². The van der Waals surface area contributed by atoms with Crippen molar-refractivity contribution in [2.45, 2.75) is 24.3 Å². The van der Waals surface area contributed by atoms with Crippen LogP contribution >= 0.6 is 0 Å². The Kier molecular flexibility index (Phi) is 6.76. The Balaban J connectivity index is 1.60. The minimum Gasteiger partial charge on any atom is -0.497 e. The molecular formula is C21H26N2O5S. The summed E-state index contributed by atoms with van der Waals surface area (Å²) < 4.78 is 37.9. The van der Waals surface area contributed by atoms with Crippen molar-refractivity contribution in [3.8, 4) is 11.5 Å². The molecule has 0 bridgehead atoms. The Bertz CT molecular complexity index is 908. The lowest BCUT2D eigenvalue weighted by molar-refractivity contribution is -0.140. The van der Waals surface area contributed by atoms with Gasteiger partial charge in [-0.05, 0) is 42.8 Å². The molecule has 1 saturated heterocycles. The summed E-state index contributed by atoms with van der Waals surface area (Å²) in [4.78, 5) is 14.8. The molecule has 1 aliphatic rings. The molecule has 0 aliphatic carbocycles. The first-order chi connectivity index (χ1) is 14.0. The van der Waals surface area contributed by atoms with E-state index in [1.165, 1.54) is 4.31 Å². The van der Waals surface area contributed by atoms with Gasteiger partial charge in [0.05, 0.1) is 12.0 Å². The predicted octanol–water partition coefficient (Wildman–Crippen LogP) is 2.39. The summed E-state index contributed by atoms with van der Waals surface area (Å²) in [5, 5.41) is 0. The standard InChI is InChI=1S/C21H26N2O5S/c1-3-20(28-18-11-9-17(27-2)10-12-18)21(24)22-13-15-23(16-14-22)29(25,26)19-7-5-4-6-8-19/h4-12,20H,3,13-16H2,1-2H3/t20-/m0/s1. The zero-order valence-electron chi connectivity index (χ0n) is 16.7. The summed E-state index contributed by atoms with van der Waals surface area (Å²) in [6.45, 7) is 3.10. The van der Waals surface area contributed by atoms with Crippen molar-refractivity contribution in [2.75, 3.05) is 33.3 Å². The molecule has 0 N–H and O–H groups in total. The first-order valence-corrected chi connectivity index (χ1v) is 11.0. The fourth-order valence-corrected chi connectivity index (χ4v) is 4.66. The van der Waals surface area contributed by atoms with Crippen molar-refractivity contribution in [1.29, 1.82) is 0 Å². The highest BCUT2D eigenvalue weighted by atomic mass is 32.2. The van der Waals surface area contributed by atoms with Gasteiger partial charge in [0.25, 0.3) is 5.91 Å². The number of benzene rings is 2. The highest BCUT2D eigenvalue weighted by molar-refractivity contribution is 7.89. The average Bonchev–Trinajstić information content (AvgIpc) is 2.78. The molecule has 0 radical (unpaired) electrons. The van der Waals surface area contributed by atoms with Crippen LogP contribution < -0.4 is 9.47 Å². The van der Waals surface area contributed by atoms with Crippen molar-refractivity contribution in [3.63, 3.8) is 0 Å². The van der Waals surface area contributed by atoms with Crippen LogP contribution in [-0.4, -0.2) is 62.9 Å². The molecule has 0 spiro atoms. The van der Waals surface area contributed by atoms with Gasteiger partial charge in [0.1, 0.15) is 11.5 Å². The Morgan fingerprint density at radius 2 is 1.55 bits per heavy atom. The first-order valence-electron chi connectivity index (χ1n) is 9.60. The highest BCUT2D eigenvalue weighted by Gasteiger charge is 2.32. The van der Waals surface area contributed by atoms with Gasteiger partial charge < -0.3 is 14.4 Å². The van der Waals surface area contributed by atoms with Crippen molar-refractivity contribution in [3.05, 3.63) is 54.6 Å². The molecule has 7 nitrogen and oxygen atoms in total. The molecule has 29 heavy (non-hydrogen) atoms. The van der Waals surface area contributed by atoms with Gasteiger partial charge in [0.2, 0.25) is 10.0 Å². The van der Waals surface area contributed by atoms with Gasteiger partial charge in [0, 0.05) is 26.2 Å². The van der Waals surface area contributed by atoms with E-state index in [0.717, 1.165) is 0 Å². The molecule has 2 aromatic carbocycles. The lowest BCUT2D eigenvalue weighted by Crippen LogP contribution is -2.53. The van der Waals surface area contributed by atoms with Crippen molar-refractivity contribution in [2.24, 2.45) is 0 Å². The minimum absolute atomic E-state index is 0.125. The number of hydrogen-bond acceptors (Lipinski definition) is 5. The van der Waals surface area contributed by atoms with E-state index in [-0.39, 0.29) is 23.9 Å². The lowest BCUT2D eigenvalue weighted by Gasteiger charge is -2.35. The van der Waals surface area contributed by atoms with Crippen molar-refractivity contribution >= 4 is 15.9 Å². The Morgan fingerprint density at radius 3 is 2.10 bits per heavy atom. The van der Waals surface area contributed by atoms with Gasteiger partial charge in [-0.3, -0.25) is 4.79 Å². The normalized spacial score (nSPS) is 16.3. The average molecular weight is 419 g/mol. The van der Waals surface area contributed by atoms with E-state index < -0.39 is 16.1 Å². The molecule has 0 unspecified atom stereocenters. The molecule has 1 amide bonds. The third kappa shape index (κ3) is 4.89. The lowest BCUT2D eigenvalue weighted by atomic mass is 10.2. The monoisotopic (exact) mass is 418 g/mol. The Labute approximate surface area is 171 Å². The first kappa shape index (κ1) is 21.1. The maximum Gasteiger partial charge on any atom is 0.263 e. The summed E-state index contributed by atoms with van der Waals surface area (Å²) in [7, 11) is -1.95. The second-order valence-electron chi connectivity index (χ2n) is 6.73. The molecule has 2 aromatic rings. The van der Waals surface area contributed by atoms with Gasteiger partial charge in [-0.25, -0.2) is 8.42 Å². The quantitative estimate of drug-likeness (QED) is 0.690. The van der Waals surface area contributed by atoms with Gasteiger partial charge in [0.15, 0.2) is 6.10 Å². The van der Waals surface area contributed by atoms with Gasteiger partial charge >= 0.3 is 0 Å². The number of sulfonamides is 1. The number of piperazine rings is 1. The van der Waals surface area contributed by atoms with E-state index in [9.17, 15) is 13.2 Å². The molecule has 1 aliphatic heterocycles. The summed E-state index contributed by atoms with van der Waals surface area (Å²) in [5.74, 6) is 1.18. The number of methoxy groups -OCH3 is 1. The fourth-order valence-electron chi connectivity index (χ4n) is 3.22. The summed E-state index contributed by atoms with van der Waals surface area (Å²) in [6.07, 6.45) is -0.0893. The highest BCUT2D eigenvalue weighted by Crippen LogP contribution is 2.21. The molecule has 0 saturated carbocycles. The van der Waals surface area contributed by atoms with Gasteiger partial charge in [-0.1, -0.05) is 25.1 Å². The third-order valence-corrected chi connectivity index (χ3v) is 6.83. The zero-order valence-corrected chi connectivity index (χ0v) is 17.5. The number of nitrogens with zero attached hydrogens (tertiary/aromatic N) is 2. The smallest absolute Gasteiger partial charge is 0.263 e. The molecule has 1 atom stereocenters. The number of hydrogen-bond donors (Lipinski definition) is 0. The van der Waals surface area contributed by atoms with Gasteiger partial charge in [-0.2, -0.15) is 4.31 Å². The molecule has 1 fully saturated rings. The topological polar surface area (TPSA) is 76.2 Å². The number of ether oxygens (including phenoxy) is 2. The molecule has 0 aromatic heterocycles. The van der Waals surface area contributed by atoms with Crippen LogP contribution in [0, 0.1) is 0 Å². The molecule has 8 heteroatoms. The van der Waals surface area contributed by atoms with E-state index in [2.05, 4.69) is 0 Å². The molecular weight excluding hydrogens is 392 g/mol. The van der Waals surface area contributed by atoms with Gasteiger partial charge in [-0.15, -0.1) is 0 Å². The van der Waals surface area contributed by atoms with Crippen LogP contribution in [-0.2, 0) is 14.8 Å². The predicted molar refractivity (Wildman–Crippen MR) is 109 cm³/mol. The summed E-state index contributed by atoms with van der Waals surface area (Å²) in [6, 6.07) is 15.4. The number of carbonyl (C=O) groups excluding carboxylic acids is 1. The second-order valence-corrected chi connectivity index (χ2v) is 8.67. The van der Waals surface area contributed by atoms with Crippen LogP contribution in [0.25, 0.3) is 0 Å². The third-order valence-electron chi connectivity index (χ3n) is 4.92. The van der Waals surface area contributed by atoms with E-state index >= 15 is 0 Å². The van der Waals surface area contributed by atoms with E-state index in [4.69, 9.17) is 9.47 Å². The Hall–Kier alpha value is -2.58. The summed E-state index contributed by atoms with van der Waals surface area (Å²) >= 11 is 0. The SMILES string of the molecule is CC[C@H](Oc1ccc(OC)cc1)C(=O)N1CCN(S(=O)(=O)c2ccccc2)CC1. The molecule has 1 heterocycles. The van der Waals surface area contributed by atoms with E-state index in [1.54, 1.807) is 66.6 Å². The summed E-state index contributed by atoms with van der Waals surface area (Å²) in [5.41, 5.74) is 0. The van der Waals surface area contributed by atoms with Crippen LogP contribution in [0.1, 0.15) is 13.3 Å². The van der Waals surface area contributed by atoms with Crippen LogP contribution in [0.4, 0.5) is 0 Å². The zero-order chi connectivity index (χ0) is 20.9. The van der Waals surface area contributed by atoms with Crippen molar-refractivity contribution < 1.29 is 22.7 Å². The fraction of sp³-hybridized carbons (Fsp3) is 0.381. The molecule has 3 rings (SSSR count). The second kappa shape index (κ2) is 9.28. The van der Waals surface area contributed by atoms with Crippen LogP contribution in [0.5, 0.6) is 11.5 Å². The van der Waals surface area contributed by atoms with E-state index in [1.807, 2.05) is 6.92 Å². The number of carbonyl (C=O) groups is 1. The van der Waals surface area contributed by atoms with Crippen molar-refractivity contribution in [1.82, 2.24) is 9.21 Å². The van der Waals surface area contributed by atoms with E-state index in [0.29, 0.717) is 31.0 Å². The number of rotatable bonds is 7. The maximum atomic E-state index is 12.9. The largest absolute Gasteiger partial charge is 0.497 e. The van der Waals surface area contributed by atoms with Crippen LogP contribution in [0.15, 0.2) is 59.5 Å². The number of amides is 1. The minimum atomic E-state index is -3.54.